The van der Waals surface area contributed by atoms with Crippen molar-refractivity contribution in [2.45, 2.75) is 18.3 Å². The molecule has 4 rings (SSSR count). The molecular weight excluding hydrogens is 376 g/mol. The summed E-state index contributed by atoms with van der Waals surface area (Å²) in [6.45, 7) is 1.88. The van der Waals surface area contributed by atoms with Crippen LogP contribution in [0.3, 0.4) is 0 Å². The molecule has 2 heterocycles. The molecule has 0 bridgehead atoms. The molecule has 1 saturated heterocycles. The number of hydrogen-bond donors (Lipinski definition) is 1. The molecule has 2 aromatic carbocycles. The van der Waals surface area contributed by atoms with Crippen molar-refractivity contribution in [3.05, 3.63) is 78.0 Å². The van der Waals surface area contributed by atoms with Crippen LogP contribution < -0.4 is 10.1 Å². The topological polar surface area (TPSA) is 56.3 Å². The van der Waals surface area contributed by atoms with Crippen molar-refractivity contribution in [1.29, 1.82) is 0 Å². The number of anilines is 1. The van der Waals surface area contributed by atoms with E-state index in [0.29, 0.717) is 37.3 Å². The minimum absolute atomic E-state index is 0.191. The van der Waals surface area contributed by atoms with Crippen molar-refractivity contribution < 1.29 is 18.3 Å². The number of halogens is 2. The Morgan fingerprint density at radius 2 is 1.59 bits per heavy atom. The number of benzene rings is 2. The lowest BCUT2D eigenvalue weighted by Gasteiger charge is -2.38. The largest absolute Gasteiger partial charge is 0.439 e. The second kappa shape index (κ2) is 8.53. The molecule has 1 aliphatic heterocycles. The molecule has 0 unspecified atom stereocenters. The van der Waals surface area contributed by atoms with Gasteiger partial charge in [0.25, 0.3) is 0 Å². The van der Waals surface area contributed by atoms with E-state index in [1.165, 1.54) is 36.4 Å². The number of nitrogens with one attached hydrogen (secondary N) is 1. The van der Waals surface area contributed by atoms with E-state index in [4.69, 9.17) is 9.47 Å². The number of ether oxygens (including phenoxy) is 2. The third kappa shape index (κ3) is 4.68. The van der Waals surface area contributed by atoms with Crippen LogP contribution in [0.1, 0.15) is 18.4 Å². The fourth-order valence-corrected chi connectivity index (χ4v) is 3.49. The lowest BCUT2D eigenvalue weighted by atomic mass is 9.74. The van der Waals surface area contributed by atoms with E-state index < -0.39 is 0 Å². The van der Waals surface area contributed by atoms with E-state index in [2.05, 4.69) is 15.3 Å². The van der Waals surface area contributed by atoms with Gasteiger partial charge in [0.1, 0.15) is 17.4 Å². The lowest BCUT2D eigenvalue weighted by Crippen LogP contribution is -2.40. The van der Waals surface area contributed by atoms with Gasteiger partial charge in [-0.3, -0.25) is 0 Å². The van der Waals surface area contributed by atoms with Crippen molar-refractivity contribution in [3.63, 3.8) is 0 Å². The van der Waals surface area contributed by atoms with Gasteiger partial charge in [-0.15, -0.1) is 0 Å². The third-order valence-electron chi connectivity index (χ3n) is 5.16. The zero-order valence-corrected chi connectivity index (χ0v) is 15.8. The summed E-state index contributed by atoms with van der Waals surface area (Å²) in [6, 6.07) is 14.0. The van der Waals surface area contributed by atoms with E-state index in [1.807, 2.05) is 12.1 Å². The number of rotatable bonds is 6. The zero-order valence-electron chi connectivity index (χ0n) is 15.8. The van der Waals surface area contributed by atoms with Gasteiger partial charge in [-0.1, -0.05) is 12.1 Å². The van der Waals surface area contributed by atoms with Crippen molar-refractivity contribution in [2.24, 2.45) is 0 Å². The van der Waals surface area contributed by atoms with Crippen LogP contribution in [-0.4, -0.2) is 29.7 Å². The quantitative estimate of drug-likeness (QED) is 0.653. The number of nitrogens with zero attached hydrogens (tertiary/aromatic N) is 2. The van der Waals surface area contributed by atoms with Gasteiger partial charge >= 0.3 is 0 Å². The van der Waals surface area contributed by atoms with Crippen LogP contribution >= 0.6 is 0 Å². The van der Waals surface area contributed by atoms with Crippen LogP contribution in [-0.2, 0) is 10.2 Å². The average Bonchev–Trinajstić information content (AvgIpc) is 2.75. The Labute approximate surface area is 167 Å². The first-order valence-electron chi connectivity index (χ1n) is 9.47. The summed E-state index contributed by atoms with van der Waals surface area (Å²) in [6.07, 6.45) is 3.23. The average molecular weight is 397 g/mol. The highest BCUT2D eigenvalue weighted by Gasteiger charge is 2.34. The molecule has 5 nitrogen and oxygen atoms in total. The van der Waals surface area contributed by atoms with Crippen LogP contribution in [0.2, 0.25) is 0 Å². The van der Waals surface area contributed by atoms with E-state index in [1.54, 1.807) is 12.3 Å². The minimum atomic E-state index is -0.329. The molecule has 0 radical (unpaired) electrons. The first-order valence-corrected chi connectivity index (χ1v) is 9.47. The third-order valence-corrected chi connectivity index (χ3v) is 5.16. The Morgan fingerprint density at radius 3 is 2.28 bits per heavy atom. The van der Waals surface area contributed by atoms with E-state index in [0.717, 1.165) is 18.4 Å². The predicted molar refractivity (Wildman–Crippen MR) is 105 cm³/mol. The molecule has 0 saturated carbocycles. The molecule has 1 N–H and O–H groups in total. The Balaban J connectivity index is 1.49. The van der Waals surface area contributed by atoms with Crippen molar-refractivity contribution in [1.82, 2.24) is 9.97 Å². The fourth-order valence-electron chi connectivity index (χ4n) is 3.49. The summed E-state index contributed by atoms with van der Waals surface area (Å²) >= 11 is 0. The van der Waals surface area contributed by atoms with Crippen molar-refractivity contribution in [2.75, 3.05) is 25.1 Å². The number of hydrogen-bond acceptors (Lipinski definition) is 5. The monoisotopic (exact) mass is 397 g/mol. The summed E-state index contributed by atoms with van der Waals surface area (Å²) in [5.74, 6) is 0.695. The standard InChI is InChI=1S/C22H21F2N3O2/c23-17-3-1-16(2-4-17)22(10-13-28-14-11-22)15-26-21-25-12-9-20(27-21)29-19-7-5-18(24)6-8-19/h1-9,12H,10-11,13-15H2,(H,25,26,27). The Kier molecular flexibility index (Phi) is 5.67. The van der Waals surface area contributed by atoms with Gasteiger partial charge in [-0.05, 0) is 54.8 Å². The highest BCUT2D eigenvalue weighted by atomic mass is 19.1. The van der Waals surface area contributed by atoms with Gasteiger partial charge < -0.3 is 14.8 Å². The summed E-state index contributed by atoms with van der Waals surface area (Å²) < 4.78 is 37.6. The summed E-state index contributed by atoms with van der Waals surface area (Å²) in [4.78, 5) is 8.65. The highest BCUT2D eigenvalue weighted by Crippen LogP contribution is 2.35. The molecule has 0 aliphatic carbocycles. The maximum atomic E-state index is 13.4. The molecule has 3 aromatic rings. The lowest BCUT2D eigenvalue weighted by molar-refractivity contribution is 0.0543. The minimum Gasteiger partial charge on any atom is -0.439 e. The smallest absolute Gasteiger partial charge is 0.225 e. The predicted octanol–water partition coefficient (Wildman–Crippen LogP) is 4.71. The van der Waals surface area contributed by atoms with Crippen LogP contribution in [0.4, 0.5) is 14.7 Å². The molecule has 0 amide bonds. The summed E-state index contributed by atoms with van der Waals surface area (Å²) in [7, 11) is 0. The van der Waals surface area contributed by atoms with Gasteiger partial charge in [0.2, 0.25) is 11.8 Å². The number of aromatic nitrogens is 2. The normalized spacial score (nSPS) is 15.7. The van der Waals surface area contributed by atoms with Crippen LogP contribution in [0.25, 0.3) is 0 Å². The van der Waals surface area contributed by atoms with Gasteiger partial charge in [0.05, 0.1) is 0 Å². The molecule has 1 fully saturated rings. The van der Waals surface area contributed by atoms with Crippen molar-refractivity contribution in [3.8, 4) is 11.6 Å². The molecule has 0 spiro atoms. The van der Waals surface area contributed by atoms with Crippen LogP contribution in [0.5, 0.6) is 11.6 Å². The Bertz CT molecular complexity index is 943. The van der Waals surface area contributed by atoms with Gasteiger partial charge in [-0.2, -0.15) is 4.98 Å². The first kappa shape index (κ1) is 19.3. The van der Waals surface area contributed by atoms with Gasteiger partial charge in [-0.25, -0.2) is 13.8 Å². The molecule has 0 atom stereocenters. The molecule has 7 heteroatoms. The van der Waals surface area contributed by atoms with Gasteiger partial charge in [0.15, 0.2) is 0 Å². The van der Waals surface area contributed by atoms with E-state index in [9.17, 15) is 8.78 Å². The van der Waals surface area contributed by atoms with Crippen LogP contribution in [0, 0.1) is 11.6 Å². The zero-order chi connectivity index (χ0) is 20.1. The fraction of sp³-hybridized carbons (Fsp3) is 0.273. The molecule has 29 heavy (non-hydrogen) atoms. The second-order valence-corrected chi connectivity index (χ2v) is 7.03. The molecule has 1 aromatic heterocycles. The summed E-state index contributed by atoms with van der Waals surface area (Å²) in [5.41, 5.74) is 0.872. The van der Waals surface area contributed by atoms with E-state index >= 15 is 0 Å². The Morgan fingerprint density at radius 1 is 0.931 bits per heavy atom. The molecular formula is C22H21F2N3O2. The maximum absolute atomic E-state index is 13.4. The molecule has 1 aliphatic rings. The van der Waals surface area contributed by atoms with Crippen molar-refractivity contribution >= 4 is 5.95 Å². The van der Waals surface area contributed by atoms with Gasteiger partial charge in [0, 0.05) is 37.4 Å². The SMILES string of the molecule is Fc1ccc(Oc2ccnc(NCC3(c4ccc(F)cc4)CCOCC3)n2)cc1. The summed E-state index contributed by atoms with van der Waals surface area (Å²) in [5, 5.41) is 3.29. The molecule has 150 valence electrons. The maximum Gasteiger partial charge on any atom is 0.225 e. The first-order chi connectivity index (χ1) is 14.1. The highest BCUT2D eigenvalue weighted by molar-refractivity contribution is 5.35. The Hall–Kier alpha value is -3.06. The van der Waals surface area contributed by atoms with E-state index in [-0.39, 0.29) is 17.0 Å². The second-order valence-electron chi connectivity index (χ2n) is 7.03. The van der Waals surface area contributed by atoms with Crippen LogP contribution in [0.15, 0.2) is 60.8 Å².